The van der Waals surface area contributed by atoms with Crippen LogP contribution >= 0.6 is 0 Å². The molecule has 1 aromatic rings. The van der Waals surface area contributed by atoms with Gasteiger partial charge in [0.25, 0.3) is 5.91 Å². The molecule has 1 aromatic carbocycles. The van der Waals surface area contributed by atoms with E-state index in [1.54, 1.807) is 13.8 Å². The second kappa shape index (κ2) is 12.4. The quantitative estimate of drug-likeness (QED) is 0.479. The number of alkyl halides is 3. The molecule has 204 valence electrons. The molecule has 1 aliphatic rings. The highest BCUT2D eigenvalue weighted by atomic mass is 32.2. The lowest BCUT2D eigenvalue weighted by Gasteiger charge is -2.43. The second-order valence-corrected chi connectivity index (χ2v) is 12.6. The van der Waals surface area contributed by atoms with Crippen molar-refractivity contribution in [2.24, 2.45) is 5.92 Å². The number of halogens is 3. The minimum Gasteiger partial charge on any atom is -0.352 e. The number of nitrogens with zero attached hydrogens (tertiary/aromatic N) is 1. The first-order valence-electron chi connectivity index (χ1n) is 12.4. The van der Waals surface area contributed by atoms with E-state index in [-0.39, 0.29) is 29.3 Å². The number of nitrogens with one attached hydrogen (secondary N) is 2. The summed E-state index contributed by atoms with van der Waals surface area (Å²) in [6.45, 7) is 9.96. The molecule has 2 amide bonds. The molecule has 0 aromatic heterocycles. The van der Waals surface area contributed by atoms with Crippen LogP contribution in [-0.2, 0) is 20.8 Å². The Balaban J connectivity index is 2.07. The average molecular weight is 534 g/mol. The first-order chi connectivity index (χ1) is 16.7. The van der Waals surface area contributed by atoms with Gasteiger partial charge in [0.15, 0.2) is 9.84 Å². The summed E-state index contributed by atoms with van der Waals surface area (Å²) in [5.74, 6) is -1.64. The van der Waals surface area contributed by atoms with Gasteiger partial charge in [-0.05, 0) is 77.6 Å². The Kier molecular flexibility index (Phi) is 10.4. The normalized spacial score (nSPS) is 21.1. The minimum atomic E-state index is -4.58. The Bertz CT molecular complexity index is 1010. The van der Waals surface area contributed by atoms with E-state index in [1.165, 1.54) is 6.07 Å². The third kappa shape index (κ3) is 8.19. The van der Waals surface area contributed by atoms with Crippen molar-refractivity contribution >= 4 is 21.7 Å². The predicted octanol–water partition coefficient (Wildman–Crippen LogP) is 3.64. The molecule has 0 unspecified atom stereocenters. The number of carbonyl (C=O) groups excluding carboxylic acids is 2. The minimum absolute atomic E-state index is 0.0433. The zero-order valence-corrected chi connectivity index (χ0v) is 22.4. The van der Waals surface area contributed by atoms with Gasteiger partial charge in [-0.15, -0.1) is 0 Å². The van der Waals surface area contributed by atoms with E-state index in [0.717, 1.165) is 31.2 Å². The average Bonchev–Trinajstić information content (AvgIpc) is 2.78. The summed E-state index contributed by atoms with van der Waals surface area (Å²) < 4.78 is 64.2. The van der Waals surface area contributed by atoms with Crippen molar-refractivity contribution in [3.63, 3.8) is 0 Å². The van der Waals surface area contributed by atoms with Gasteiger partial charge >= 0.3 is 6.18 Å². The van der Waals surface area contributed by atoms with Crippen LogP contribution in [0.4, 0.5) is 13.2 Å². The van der Waals surface area contributed by atoms with E-state index in [4.69, 9.17) is 0 Å². The maximum absolute atomic E-state index is 12.9. The molecular formula is C25H38F3N3O4S. The Morgan fingerprint density at radius 3 is 2.36 bits per heavy atom. The van der Waals surface area contributed by atoms with Crippen molar-refractivity contribution in [2.45, 2.75) is 83.4 Å². The smallest absolute Gasteiger partial charge is 0.352 e. The number of sulfone groups is 1. The van der Waals surface area contributed by atoms with Crippen LogP contribution in [0.25, 0.3) is 0 Å². The largest absolute Gasteiger partial charge is 0.416 e. The summed E-state index contributed by atoms with van der Waals surface area (Å²) in [6.07, 6.45) is -2.56. The van der Waals surface area contributed by atoms with E-state index in [2.05, 4.69) is 36.3 Å². The molecule has 2 N–H and O–H groups in total. The van der Waals surface area contributed by atoms with Crippen LogP contribution in [0, 0.1) is 5.92 Å². The summed E-state index contributed by atoms with van der Waals surface area (Å²) in [7, 11) is -3.35. The van der Waals surface area contributed by atoms with Crippen molar-refractivity contribution in [1.82, 2.24) is 15.5 Å². The lowest BCUT2D eigenvalue weighted by atomic mass is 9.81. The number of rotatable bonds is 10. The highest BCUT2D eigenvalue weighted by Gasteiger charge is 2.37. The van der Waals surface area contributed by atoms with Crippen LogP contribution in [0.1, 0.15) is 69.8 Å². The van der Waals surface area contributed by atoms with E-state index in [0.29, 0.717) is 18.9 Å². The fourth-order valence-corrected chi connectivity index (χ4v) is 6.16. The van der Waals surface area contributed by atoms with E-state index in [9.17, 15) is 31.2 Å². The van der Waals surface area contributed by atoms with E-state index >= 15 is 0 Å². The molecule has 36 heavy (non-hydrogen) atoms. The van der Waals surface area contributed by atoms with Crippen LogP contribution in [-0.4, -0.2) is 67.3 Å². The molecule has 1 fully saturated rings. The number of carbonyl (C=O) groups is 2. The second-order valence-electron chi connectivity index (χ2n) is 9.96. The summed E-state index contributed by atoms with van der Waals surface area (Å²) >= 11 is 0. The number of benzene rings is 1. The Labute approximate surface area is 212 Å². The highest BCUT2D eigenvalue weighted by Crippen LogP contribution is 2.31. The molecule has 11 heteroatoms. The van der Waals surface area contributed by atoms with Gasteiger partial charge in [-0.1, -0.05) is 13.0 Å². The molecule has 0 radical (unpaired) electrons. The maximum Gasteiger partial charge on any atom is 0.416 e. The van der Waals surface area contributed by atoms with E-state index in [1.807, 2.05) is 0 Å². The summed E-state index contributed by atoms with van der Waals surface area (Å²) in [5.41, 5.74) is -1.15. The monoisotopic (exact) mass is 533 g/mol. The predicted molar refractivity (Wildman–Crippen MR) is 133 cm³/mol. The van der Waals surface area contributed by atoms with Crippen molar-refractivity contribution in [1.29, 1.82) is 0 Å². The Morgan fingerprint density at radius 2 is 1.81 bits per heavy atom. The fourth-order valence-electron chi connectivity index (χ4n) is 4.81. The molecule has 1 aliphatic carbocycles. The van der Waals surface area contributed by atoms with Gasteiger partial charge in [0.1, 0.15) is 0 Å². The first kappa shape index (κ1) is 30.1. The summed E-state index contributed by atoms with van der Waals surface area (Å²) in [6, 6.07) is 4.10. The third-order valence-electron chi connectivity index (χ3n) is 6.82. The van der Waals surface area contributed by atoms with Gasteiger partial charge in [-0.2, -0.15) is 13.2 Å². The Hall–Kier alpha value is -2.14. The van der Waals surface area contributed by atoms with Crippen molar-refractivity contribution in [3.05, 3.63) is 35.4 Å². The molecule has 0 aliphatic heterocycles. The van der Waals surface area contributed by atoms with Gasteiger partial charge in [-0.3, -0.25) is 14.5 Å². The molecule has 7 nitrogen and oxygen atoms in total. The van der Waals surface area contributed by atoms with Crippen LogP contribution in [0.3, 0.4) is 0 Å². The lowest BCUT2D eigenvalue weighted by Crippen LogP contribution is -2.53. The lowest BCUT2D eigenvalue weighted by molar-refractivity contribution is -0.137. The third-order valence-corrected chi connectivity index (χ3v) is 9.15. The van der Waals surface area contributed by atoms with Crippen LogP contribution < -0.4 is 10.6 Å². The molecule has 1 saturated carbocycles. The molecule has 3 atom stereocenters. The zero-order chi connectivity index (χ0) is 27.3. The molecule has 0 saturated heterocycles. The van der Waals surface area contributed by atoms with Gasteiger partial charge in [-0.25, -0.2) is 8.42 Å². The van der Waals surface area contributed by atoms with Crippen molar-refractivity contribution < 1.29 is 31.2 Å². The Morgan fingerprint density at radius 1 is 1.14 bits per heavy atom. The summed E-state index contributed by atoms with van der Waals surface area (Å²) in [4.78, 5) is 27.3. The molecular weight excluding hydrogens is 495 g/mol. The van der Waals surface area contributed by atoms with Crippen LogP contribution in [0.5, 0.6) is 0 Å². The van der Waals surface area contributed by atoms with Crippen molar-refractivity contribution in [2.75, 3.05) is 18.8 Å². The molecule has 0 bridgehead atoms. The molecule has 2 rings (SSSR count). The number of hydrogen-bond acceptors (Lipinski definition) is 5. The highest BCUT2D eigenvalue weighted by molar-refractivity contribution is 7.91. The van der Waals surface area contributed by atoms with Crippen molar-refractivity contribution in [3.8, 4) is 0 Å². The van der Waals surface area contributed by atoms with Gasteiger partial charge < -0.3 is 10.6 Å². The van der Waals surface area contributed by atoms with Crippen LogP contribution in [0.2, 0.25) is 0 Å². The SMILES string of the molecule is CCN(C(C)C)[C@@H]1CC[C@H](NC(=O)CNC(=O)c2cccc(C(F)(F)F)c2)[C@@H](CS(=O)(=O)C(C)C)C1. The molecule has 0 spiro atoms. The fraction of sp³-hybridized carbons (Fsp3) is 0.680. The standard InChI is InChI=1S/C25H38F3N3O4S/c1-6-31(16(2)3)21-10-11-22(19(13-21)15-36(34,35)17(4)5)30-23(32)14-29-24(33)18-8-7-9-20(12-18)25(26,27)28/h7-9,12,16-17,19,21-22H,6,10-11,13-15H2,1-5H3,(H,29,33)(H,30,32)/t19-,21-,22+/m1/s1. The van der Waals surface area contributed by atoms with E-state index < -0.39 is 45.2 Å². The molecule has 0 heterocycles. The zero-order valence-electron chi connectivity index (χ0n) is 21.6. The topological polar surface area (TPSA) is 95.6 Å². The van der Waals surface area contributed by atoms with Gasteiger partial charge in [0, 0.05) is 23.7 Å². The van der Waals surface area contributed by atoms with Gasteiger partial charge in [0.05, 0.1) is 23.1 Å². The number of amides is 2. The summed E-state index contributed by atoms with van der Waals surface area (Å²) in [5, 5.41) is 4.68. The van der Waals surface area contributed by atoms with Crippen LogP contribution in [0.15, 0.2) is 24.3 Å². The first-order valence-corrected chi connectivity index (χ1v) is 14.1. The van der Waals surface area contributed by atoms with Gasteiger partial charge in [0.2, 0.25) is 5.91 Å². The number of hydrogen-bond donors (Lipinski definition) is 2. The maximum atomic E-state index is 12.9.